The summed E-state index contributed by atoms with van der Waals surface area (Å²) in [7, 11) is 0. The standard InChI is InChI=1S/C16H19ClN4O2/c17-12-8-14(19-9-12)16(23)20-13-2-1-5-18-15(13)21-6-3-11(10-22)4-7-21/h1-2,5,8-9,11,19,22H,3-4,6-7,10H2,(H,20,23). The van der Waals surface area contributed by atoms with Crippen LogP contribution in [0.25, 0.3) is 0 Å². The van der Waals surface area contributed by atoms with Crippen LogP contribution in [0.3, 0.4) is 0 Å². The first-order chi connectivity index (χ1) is 11.2. The molecule has 0 aliphatic carbocycles. The van der Waals surface area contributed by atoms with E-state index in [0.29, 0.717) is 22.3 Å². The maximum Gasteiger partial charge on any atom is 0.272 e. The molecule has 0 radical (unpaired) electrons. The first-order valence-electron chi connectivity index (χ1n) is 7.63. The Labute approximate surface area is 139 Å². The molecule has 0 saturated carbocycles. The monoisotopic (exact) mass is 334 g/mol. The number of nitrogens with zero attached hydrogens (tertiary/aromatic N) is 2. The van der Waals surface area contributed by atoms with Crippen molar-refractivity contribution in [2.45, 2.75) is 12.8 Å². The van der Waals surface area contributed by atoms with Crippen LogP contribution in [0.15, 0.2) is 30.6 Å². The highest BCUT2D eigenvalue weighted by molar-refractivity contribution is 6.31. The zero-order chi connectivity index (χ0) is 16.2. The van der Waals surface area contributed by atoms with Gasteiger partial charge < -0.3 is 20.3 Å². The van der Waals surface area contributed by atoms with Crippen LogP contribution in [0.2, 0.25) is 5.02 Å². The van der Waals surface area contributed by atoms with Crippen LogP contribution < -0.4 is 10.2 Å². The minimum atomic E-state index is -0.253. The molecule has 7 heteroatoms. The Balaban J connectivity index is 1.74. The number of hydrogen-bond acceptors (Lipinski definition) is 4. The Kier molecular flexibility index (Phi) is 4.83. The summed E-state index contributed by atoms with van der Waals surface area (Å²) in [5.41, 5.74) is 1.08. The molecule has 23 heavy (non-hydrogen) atoms. The highest BCUT2D eigenvalue weighted by Crippen LogP contribution is 2.28. The molecule has 3 heterocycles. The number of amides is 1. The Hall–Kier alpha value is -2.05. The van der Waals surface area contributed by atoms with Crippen molar-refractivity contribution in [3.8, 4) is 0 Å². The highest BCUT2D eigenvalue weighted by atomic mass is 35.5. The topological polar surface area (TPSA) is 81.2 Å². The minimum absolute atomic E-state index is 0.229. The van der Waals surface area contributed by atoms with Gasteiger partial charge in [0.25, 0.3) is 5.91 Å². The van der Waals surface area contributed by atoms with Crippen molar-refractivity contribution < 1.29 is 9.90 Å². The number of carbonyl (C=O) groups excluding carboxylic acids is 1. The number of aromatic nitrogens is 2. The fourth-order valence-electron chi connectivity index (χ4n) is 2.76. The Morgan fingerprint density at radius 3 is 2.91 bits per heavy atom. The van der Waals surface area contributed by atoms with Gasteiger partial charge in [0.15, 0.2) is 5.82 Å². The summed E-state index contributed by atoms with van der Waals surface area (Å²) < 4.78 is 0. The van der Waals surface area contributed by atoms with E-state index in [0.717, 1.165) is 31.7 Å². The van der Waals surface area contributed by atoms with Gasteiger partial charge in [-0.3, -0.25) is 4.79 Å². The van der Waals surface area contributed by atoms with E-state index in [1.807, 2.05) is 6.07 Å². The number of halogens is 1. The molecule has 1 aliphatic rings. The maximum absolute atomic E-state index is 12.3. The molecule has 3 N–H and O–H groups in total. The molecular weight excluding hydrogens is 316 g/mol. The summed E-state index contributed by atoms with van der Waals surface area (Å²) in [4.78, 5) is 21.7. The van der Waals surface area contributed by atoms with Crippen LogP contribution in [0, 0.1) is 5.92 Å². The Morgan fingerprint density at radius 2 is 2.26 bits per heavy atom. The van der Waals surface area contributed by atoms with Crippen molar-refractivity contribution >= 4 is 29.0 Å². The molecule has 0 unspecified atom stereocenters. The molecule has 0 aromatic carbocycles. The van der Waals surface area contributed by atoms with Crippen molar-refractivity contribution in [2.24, 2.45) is 5.92 Å². The van der Waals surface area contributed by atoms with Crippen LogP contribution in [-0.2, 0) is 0 Å². The predicted octanol–water partition coefficient (Wildman–Crippen LogP) is 2.52. The molecule has 3 rings (SSSR count). The van der Waals surface area contributed by atoms with Crippen LogP contribution in [0.1, 0.15) is 23.3 Å². The van der Waals surface area contributed by atoms with Gasteiger partial charge in [0, 0.05) is 32.1 Å². The predicted molar refractivity (Wildman–Crippen MR) is 90.0 cm³/mol. The first-order valence-corrected chi connectivity index (χ1v) is 8.01. The summed E-state index contributed by atoms with van der Waals surface area (Å²) in [6, 6.07) is 5.21. The van der Waals surface area contributed by atoms with Gasteiger partial charge in [0.05, 0.1) is 10.7 Å². The van der Waals surface area contributed by atoms with Crippen molar-refractivity contribution in [3.05, 3.63) is 41.3 Å². The Bertz CT molecular complexity index is 680. The second-order valence-corrected chi connectivity index (χ2v) is 6.11. The van der Waals surface area contributed by atoms with Crippen molar-refractivity contribution in [1.82, 2.24) is 9.97 Å². The number of carbonyl (C=O) groups is 1. The van der Waals surface area contributed by atoms with Crippen molar-refractivity contribution in [1.29, 1.82) is 0 Å². The average Bonchev–Trinajstić information content (AvgIpc) is 3.02. The molecule has 1 saturated heterocycles. The lowest BCUT2D eigenvalue weighted by Crippen LogP contribution is -2.35. The van der Waals surface area contributed by atoms with Gasteiger partial charge in [-0.1, -0.05) is 11.6 Å². The smallest absolute Gasteiger partial charge is 0.272 e. The average molecular weight is 335 g/mol. The van der Waals surface area contributed by atoms with Crippen molar-refractivity contribution in [2.75, 3.05) is 29.9 Å². The minimum Gasteiger partial charge on any atom is -0.396 e. The number of aromatic amines is 1. The third kappa shape index (κ3) is 3.65. The fraction of sp³-hybridized carbons (Fsp3) is 0.375. The fourth-order valence-corrected chi connectivity index (χ4v) is 2.93. The zero-order valence-electron chi connectivity index (χ0n) is 12.6. The quantitative estimate of drug-likeness (QED) is 0.802. The SMILES string of the molecule is O=C(Nc1cccnc1N1CCC(CO)CC1)c1cc(Cl)c[nH]1. The number of aliphatic hydroxyl groups excluding tert-OH is 1. The molecule has 0 atom stereocenters. The molecular formula is C16H19ClN4O2. The molecule has 1 fully saturated rings. The van der Waals surface area contributed by atoms with Gasteiger partial charge in [0.1, 0.15) is 5.69 Å². The maximum atomic E-state index is 12.3. The van der Waals surface area contributed by atoms with E-state index < -0.39 is 0 Å². The van der Waals surface area contributed by atoms with E-state index in [-0.39, 0.29) is 12.5 Å². The molecule has 2 aromatic rings. The van der Waals surface area contributed by atoms with Gasteiger partial charge in [0.2, 0.25) is 0 Å². The summed E-state index contributed by atoms with van der Waals surface area (Å²) >= 11 is 5.84. The number of hydrogen-bond donors (Lipinski definition) is 3. The number of aliphatic hydroxyl groups is 1. The highest BCUT2D eigenvalue weighted by Gasteiger charge is 2.22. The summed E-state index contributed by atoms with van der Waals surface area (Å²) in [5.74, 6) is 0.861. The molecule has 0 spiro atoms. The summed E-state index contributed by atoms with van der Waals surface area (Å²) in [6.07, 6.45) is 5.13. The zero-order valence-corrected chi connectivity index (χ0v) is 13.4. The molecule has 2 aromatic heterocycles. The molecule has 1 amide bonds. The van der Waals surface area contributed by atoms with E-state index in [4.69, 9.17) is 11.6 Å². The number of rotatable bonds is 4. The number of nitrogens with one attached hydrogen (secondary N) is 2. The second-order valence-electron chi connectivity index (χ2n) is 5.67. The van der Waals surface area contributed by atoms with Gasteiger partial charge in [-0.2, -0.15) is 0 Å². The lowest BCUT2D eigenvalue weighted by Gasteiger charge is -2.33. The number of pyridine rings is 1. The lowest BCUT2D eigenvalue weighted by molar-refractivity contribution is 0.102. The molecule has 122 valence electrons. The second kappa shape index (κ2) is 7.02. The van der Waals surface area contributed by atoms with Crippen molar-refractivity contribution in [3.63, 3.8) is 0 Å². The molecule has 6 nitrogen and oxygen atoms in total. The number of H-pyrrole nitrogens is 1. The first kappa shape index (κ1) is 15.8. The van der Waals surface area contributed by atoms with Gasteiger partial charge in [-0.25, -0.2) is 4.98 Å². The largest absolute Gasteiger partial charge is 0.396 e. The van der Waals surface area contributed by atoms with Gasteiger partial charge >= 0.3 is 0 Å². The van der Waals surface area contributed by atoms with Crippen LogP contribution in [0.5, 0.6) is 0 Å². The summed E-state index contributed by atoms with van der Waals surface area (Å²) in [5, 5.41) is 12.6. The summed E-state index contributed by atoms with van der Waals surface area (Å²) in [6.45, 7) is 1.87. The van der Waals surface area contributed by atoms with Gasteiger partial charge in [-0.15, -0.1) is 0 Å². The van der Waals surface area contributed by atoms with E-state index >= 15 is 0 Å². The third-order valence-electron chi connectivity index (χ3n) is 4.10. The van der Waals surface area contributed by atoms with Crippen LogP contribution >= 0.6 is 11.6 Å². The van der Waals surface area contributed by atoms with E-state index in [9.17, 15) is 9.90 Å². The Morgan fingerprint density at radius 1 is 1.48 bits per heavy atom. The lowest BCUT2D eigenvalue weighted by atomic mass is 9.98. The van der Waals surface area contributed by atoms with Crippen LogP contribution in [0.4, 0.5) is 11.5 Å². The third-order valence-corrected chi connectivity index (χ3v) is 4.32. The van der Waals surface area contributed by atoms with Crippen LogP contribution in [-0.4, -0.2) is 40.7 Å². The van der Waals surface area contributed by atoms with Gasteiger partial charge in [-0.05, 0) is 37.0 Å². The number of anilines is 2. The molecule has 1 aliphatic heterocycles. The normalized spacial score (nSPS) is 15.7. The van der Waals surface area contributed by atoms with E-state index in [1.165, 1.54) is 0 Å². The van der Waals surface area contributed by atoms with E-state index in [1.54, 1.807) is 24.5 Å². The molecule has 0 bridgehead atoms. The number of piperidine rings is 1. The van der Waals surface area contributed by atoms with E-state index in [2.05, 4.69) is 20.2 Å².